The first kappa shape index (κ1) is 12.1. The van der Waals surface area contributed by atoms with E-state index in [-0.39, 0.29) is 0 Å². The van der Waals surface area contributed by atoms with Crippen LogP contribution in [0.5, 0.6) is 0 Å². The lowest BCUT2D eigenvalue weighted by Gasteiger charge is -2.25. The molecule has 1 fully saturated rings. The highest BCUT2D eigenvalue weighted by atomic mass is 15.2. The van der Waals surface area contributed by atoms with Gasteiger partial charge in [-0.05, 0) is 33.1 Å². The number of anilines is 2. The van der Waals surface area contributed by atoms with Gasteiger partial charge in [-0.1, -0.05) is 6.92 Å². The fourth-order valence-corrected chi connectivity index (χ4v) is 2.73. The normalized spacial score (nSPS) is 24.2. The van der Waals surface area contributed by atoms with E-state index in [1.165, 1.54) is 6.42 Å². The van der Waals surface area contributed by atoms with Crippen LogP contribution in [0.3, 0.4) is 0 Å². The fourth-order valence-electron chi connectivity index (χ4n) is 2.73. The number of aryl methyl sites for hydroxylation is 1. The molecule has 2 rings (SSSR count). The van der Waals surface area contributed by atoms with E-state index < -0.39 is 0 Å². The van der Waals surface area contributed by atoms with Crippen LogP contribution in [0.25, 0.3) is 0 Å². The van der Waals surface area contributed by atoms with Crippen LogP contribution in [0, 0.1) is 19.8 Å². The van der Waals surface area contributed by atoms with Gasteiger partial charge in [-0.15, -0.1) is 0 Å². The van der Waals surface area contributed by atoms with E-state index in [1.54, 1.807) is 0 Å². The van der Waals surface area contributed by atoms with E-state index >= 15 is 0 Å². The Bertz CT molecular complexity index is 416. The van der Waals surface area contributed by atoms with Crippen molar-refractivity contribution in [2.45, 2.75) is 40.2 Å². The van der Waals surface area contributed by atoms with Crippen LogP contribution in [0.2, 0.25) is 0 Å². The number of rotatable bonds is 2. The quantitative estimate of drug-likeness (QED) is 0.853. The second kappa shape index (κ2) is 4.51. The lowest BCUT2D eigenvalue weighted by atomic mass is 10.1. The molecule has 0 bridgehead atoms. The first-order valence-corrected chi connectivity index (χ1v) is 6.32. The zero-order valence-electron chi connectivity index (χ0n) is 11.4. The standard InChI is InChI=1S/C13H22N4/c1-8-6-9(2)17(7-8)13-10(3)12(14-5)15-11(4)16-13/h8-9H,6-7H2,1-5H3,(H,14,15,16). The van der Waals surface area contributed by atoms with E-state index in [2.05, 4.69) is 41.0 Å². The van der Waals surface area contributed by atoms with Crippen molar-refractivity contribution in [1.29, 1.82) is 0 Å². The Balaban J connectivity index is 2.41. The molecule has 0 amide bonds. The van der Waals surface area contributed by atoms with Crippen LogP contribution in [0.15, 0.2) is 0 Å². The van der Waals surface area contributed by atoms with Gasteiger partial charge in [0.2, 0.25) is 0 Å². The molecule has 1 aliphatic heterocycles. The van der Waals surface area contributed by atoms with Crippen molar-refractivity contribution in [2.24, 2.45) is 5.92 Å². The minimum atomic E-state index is 0.572. The second-order valence-electron chi connectivity index (χ2n) is 5.16. The third-order valence-corrected chi connectivity index (χ3v) is 3.52. The monoisotopic (exact) mass is 234 g/mol. The Kier molecular flexibility index (Phi) is 3.22. The highest BCUT2D eigenvalue weighted by Gasteiger charge is 2.29. The van der Waals surface area contributed by atoms with Crippen LogP contribution in [-0.4, -0.2) is 29.6 Å². The second-order valence-corrected chi connectivity index (χ2v) is 5.16. The van der Waals surface area contributed by atoms with Crippen LogP contribution in [-0.2, 0) is 0 Å². The van der Waals surface area contributed by atoms with Gasteiger partial charge in [0.15, 0.2) is 0 Å². The summed E-state index contributed by atoms with van der Waals surface area (Å²) >= 11 is 0. The maximum atomic E-state index is 4.62. The zero-order chi connectivity index (χ0) is 12.6. The van der Waals surface area contributed by atoms with E-state index in [0.29, 0.717) is 6.04 Å². The van der Waals surface area contributed by atoms with E-state index in [1.807, 2.05) is 14.0 Å². The van der Waals surface area contributed by atoms with Crippen molar-refractivity contribution in [1.82, 2.24) is 9.97 Å². The average Bonchev–Trinajstić information content (AvgIpc) is 2.60. The molecule has 94 valence electrons. The molecule has 17 heavy (non-hydrogen) atoms. The van der Waals surface area contributed by atoms with Crippen LogP contribution >= 0.6 is 0 Å². The maximum Gasteiger partial charge on any atom is 0.137 e. The molecule has 4 heteroatoms. The van der Waals surface area contributed by atoms with Crippen molar-refractivity contribution in [3.05, 3.63) is 11.4 Å². The lowest BCUT2D eigenvalue weighted by Crippen LogP contribution is -2.29. The molecule has 1 aromatic rings. The summed E-state index contributed by atoms with van der Waals surface area (Å²) < 4.78 is 0. The van der Waals surface area contributed by atoms with E-state index in [0.717, 1.165) is 35.5 Å². The first-order valence-electron chi connectivity index (χ1n) is 6.32. The molecule has 0 aliphatic carbocycles. The van der Waals surface area contributed by atoms with E-state index in [4.69, 9.17) is 0 Å². The van der Waals surface area contributed by atoms with Gasteiger partial charge in [0.05, 0.1) is 0 Å². The van der Waals surface area contributed by atoms with Gasteiger partial charge in [-0.2, -0.15) is 0 Å². The molecule has 1 saturated heterocycles. The predicted molar refractivity (Wildman–Crippen MR) is 71.6 cm³/mol. The molecule has 0 saturated carbocycles. The van der Waals surface area contributed by atoms with Crippen LogP contribution in [0.1, 0.15) is 31.7 Å². The Morgan fingerprint density at radius 2 is 1.94 bits per heavy atom. The van der Waals surface area contributed by atoms with Crippen LogP contribution in [0.4, 0.5) is 11.6 Å². The lowest BCUT2D eigenvalue weighted by molar-refractivity contribution is 0.625. The van der Waals surface area contributed by atoms with Gasteiger partial charge in [0, 0.05) is 25.2 Å². The maximum absolute atomic E-state index is 4.62. The molecule has 4 nitrogen and oxygen atoms in total. The Hall–Kier alpha value is -1.32. The molecule has 0 aromatic carbocycles. The van der Waals surface area contributed by atoms with Crippen LogP contribution < -0.4 is 10.2 Å². The molecule has 1 aromatic heterocycles. The average molecular weight is 234 g/mol. The predicted octanol–water partition coefficient (Wildman–Crippen LogP) is 2.37. The van der Waals surface area contributed by atoms with Crippen molar-refractivity contribution < 1.29 is 0 Å². The molecule has 2 heterocycles. The van der Waals surface area contributed by atoms with Crippen molar-refractivity contribution in [2.75, 3.05) is 23.8 Å². The van der Waals surface area contributed by atoms with Gasteiger partial charge >= 0.3 is 0 Å². The Morgan fingerprint density at radius 1 is 1.24 bits per heavy atom. The largest absolute Gasteiger partial charge is 0.373 e. The minimum absolute atomic E-state index is 0.572. The summed E-state index contributed by atoms with van der Waals surface area (Å²) in [5, 5.41) is 3.15. The van der Waals surface area contributed by atoms with Crippen molar-refractivity contribution >= 4 is 11.6 Å². The summed E-state index contributed by atoms with van der Waals surface area (Å²) in [6, 6.07) is 0.572. The molecule has 0 spiro atoms. The smallest absolute Gasteiger partial charge is 0.137 e. The third-order valence-electron chi connectivity index (χ3n) is 3.52. The number of aromatic nitrogens is 2. The number of hydrogen-bond donors (Lipinski definition) is 1. The highest BCUT2D eigenvalue weighted by Crippen LogP contribution is 2.31. The topological polar surface area (TPSA) is 41.1 Å². The summed E-state index contributed by atoms with van der Waals surface area (Å²) in [4.78, 5) is 11.5. The summed E-state index contributed by atoms with van der Waals surface area (Å²) in [6.07, 6.45) is 1.25. The van der Waals surface area contributed by atoms with E-state index in [9.17, 15) is 0 Å². The summed E-state index contributed by atoms with van der Waals surface area (Å²) in [6.45, 7) is 9.73. The Labute approximate surface area is 103 Å². The zero-order valence-corrected chi connectivity index (χ0v) is 11.4. The number of nitrogens with one attached hydrogen (secondary N) is 1. The highest BCUT2D eigenvalue weighted by molar-refractivity contribution is 5.59. The van der Waals surface area contributed by atoms with Gasteiger partial charge in [0.25, 0.3) is 0 Å². The molecular formula is C13H22N4. The van der Waals surface area contributed by atoms with Crippen molar-refractivity contribution in [3.8, 4) is 0 Å². The Morgan fingerprint density at radius 3 is 2.47 bits per heavy atom. The molecule has 1 N–H and O–H groups in total. The van der Waals surface area contributed by atoms with Gasteiger partial charge < -0.3 is 10.2 Å². The molecule has 2 unspecified atom stereocenters. The first-order chi connectivity index (χ1) is 8.02. The molecule has 2 atom stereocenters. The summed E-state index contributed by atoms with van der Waals surface area (Å²) in [5.74, 6) is 3.62. The minimum Gasteiger partial charge on any atom is -0.373 e. The third kappa shape index (κ3) is 2.21. The molecule has 0 radical (unpaired) electrons. The SMILES string of the molecule is CNc1nc(C)nc(N2CC(C)CC2C)c1C. The molecular weight excluding hydrogens is 212 g/mol. The van der Waals surface area contributed by atoms with Gasteiger partial charge in [-0.25, -0.2) is 9.97 Å². The number of hydrogen-bond acceptors (Lipinski definition) is 4. The molecule has 1 aliphatic rings. The van der Waals surface area contributed by atoms with Gasteiger partial charge in [-0.3, -0.25) is 0 Å². The van der Waals surface area contributed by atoms with Crippen molar-refractivity contribution in [3.63, 3.8) is 0 Å². The fraction of sp³-hybridized carbons (Fsp3) is 0.692. The number of nitrogens with zero attached hydrogens (tertiary/aromatic N) is 3. The van der Waals surface area contributed by atoms with Gasteiger partial charge in [0.1, 0.15) is 17.5 Å². The summed E-state index contributed by atoms with van der Waals surface area (Å²) in [5.41, 5.74) is 1.15. The summed E-state index contributed by atoms with van der Waals surface area (Å²) in [7, 11) is 1.91.